The number of guanidine groups is 1. The Labute approximate surface area is 101 Å². The molecule has 0 aliphatic rings. The largest absolute Gasteiger partial charge is 0.370 e. The summed E-state index contributed by atoms with van der Waals surface area (Å²) in [7, 11) is 3.43. The van der Waals surface area contributed by atoms with Crippen LogP contribution in [0.15, 0.2) is 29.4 Å². The monoisotopic (exact) mass is 247 g/mol. The molecule has 0 aliphatic heterocycles. The second-order valence-corrected chi connectivity index (χ2v) is 4.21. The van der Waals surface area contributed by atoms with E-state index in [4.69, 9.17) is 23.1 Å². The van der Waals surface area contributed by atoms with E-state index in [0.717, 1.165) is 16.0 Å². The third-order valence-electron chi connectivity index (χ3n) is 2.05. The van der Waals surface area contributed by atoms with Crippen LogP contribution in [0.4, 0.5) is 5.82 Å². The maximum atomic E-state index is 6.03. The highest BCUT2D eigenvalue weighted by molar-refractivity contribution is 6.37. The minimum atomic E-state index is -0.0320. The Bertz CT molecular complexity index is 578. The summed E-state index contributed by atoms with van der Waals surface area (Å²) >= 11 is 6.03. The Morgan fingerprint density at radius 3 is 2.75 bits per heavy atom. The number of fused-ring (bicyclic) bond motifs is 1. The lowest BCUT2D eigenvalue weighted by Crippen LogP contribution is -2.22. The number of aromatic nitrogens is 1. The number of hydrogen-bond donors (Lipinski definition) is 2. The van der Waals surface area contributed by atoms with Gasteiger partial charge in [-0.05, 0) is 0 Å². The number of nitrogens with two attached hydrogens (primary N) is 2. The summed E-state index contributed by atoms with van der Waals surface area (Å²) in [5, 5.41) is 3.13. The summed E-state index contributed by atoms with van der Waals surface area (Å²) in [6, 6.07) is 5.64. The summed E-state index contributed by atoms with van der Waals surface area (Å²) in [4.78, 5) is 8.04. The Morgan fingerprint density at radius 1 is 1.31 bits per heavy atom. The zero-order valence-corrected chi connectivity index (χ0v) is 9.99. The second kappa shape index (κ2) is 4.11. The molecule has 3 radical (unpaired) electrons. The van der Waals surface area contributed by atoms with E-state index >= 15 is 0 Å². The van der Waals surface area contributed by atoms with Crippen LogP contribution < -0.4 is 16.7 Å². The Hall–Kier alpha value is -1.59. The van der Waals surface area contributed by atoms with Crippen LogP contribution in [0.3, 0.4) is 0 Å². The molecule has 0 spiro atoms. The molecule has 0 saturated heterocycles. The van der Waals surface area contributed by atoms with Crippen molar-refractivity contribution >= 4 is 49.6 Å². The zero-order chi connectivity index (χ0) is 11.7. The van der Waals surface area contributed by atoms with E-state index < -0.39 is 0 Å². The third-order valence-corrected chi connectivity index (χ3v) is 2.67. The van der Waals surface area contributed by atoms with Crippen molar-refractivity contribution in [1.82, 2.24) is 4.98 Å². The standard InChI is InChI=1S/C10H8ClN4Si/c11-8-4-14-9(15-10(12)13)7-3-5(16)1-2-6(7)8/h1-4H,(H4,12,13,14,15). The normalized spacial score (nSPS) is 10.4. The second-order valence-electron chi connectivity index (χ2n) is 3.23. The van der Waals surface area contributed by atoms with Crippen molar-refractivity contribution in [3.8, 4) is 0 Å². The predicted octanol–water partition coefficient (Wildman–Crippen LogP) is 0.587. The molecule has 1 aromatic heterocycles. The lowest BCUT2D eigenvalue weighted by molar-refractivity contribution is 1.28. The molecule has 1 aromatic carbocycles. The average Bonchev–Trinajstić information content (AvgIpc) is 2.22. The van der Waals surface area contributed by atoms with Crippen molar-refractivity contribution in [2.24, 2.45) is 16.5 Å². The number of rotatable bonds is 1. The molecule has 0 atom stereocenters. The molecule has 0 saturated carbocycles. The molecule has 2 aromatic rings. The van der Waals surface area contributed by atoms with Crippen molar-refractivity contribution in [2.75, 3.05) is 0 Å². The smallest absolute Gasteiger partial charge is 0.192 e. The molecule has 2 rings (SSSR count). The molecule has 1 heterocycles. The fourth-order valence-electron chi connectivity index (χ4n) is 1.41. The zero-order valence-electron chi connectivity index (χ0n) is 8.24. The summed E-state index contributed by atoms with van der Waals surface area (Å²) in [5.41, 5.74) is 10.7. The number of pyridine rings is 1. The van der Waals surface area contributed by atoms with Crippen LogP contribution in [-0.4, -0.2) is 21.2 Å². The van der Waals surface area contributed by atoms with Gasteiger partial charge in [0.25, 0.3) is 0 Å². The fraction of sp³-hybridized carbons (Fsp3) is 0. The highest BCUT2D eigenvalue weighted by Gasteiger charge is 2.05. The minimum absolute atomic E-state index is 0.0320. The molecule has 16 heavy (non-hydrogen) atoms. The number of nitrogens with zero attached hydrogens (tertiary/aromatic N) is 2. The van der Waals surface area contributed by atoms with Crippen LogP contribution in [0.1, 0.15) is 0 Å². The molecular weight excluding hydrogens is 240 g/mol. The van der Waals surface area contributed by atoms with Crippen LogP contribution in [0.5, 0.6) is 0 Å². The van der Waals surface area contributed by atoms with E-state index in [2.05, 4.69) is 20.2 Å². The van der Waals surface area contributed by atoms with Crippen molar-refractivity contribution < 1.29 is 0 Å². The van der Waals surface area contributed by atoms with Crippen molar-refractivity contribution in [3.05, 3.63) is 29.4 Å². The van der Waals surface area contributed by atoms with Gasteiger partial charge in [0.1, 0.15) is 0 Å². The van der Waals surface area contributed by atoms with Gasteiger partial charge in [-0.15, -0.1) is 0 Å². The first-order valence-electron chi connectivity index (χ1n) is 4.47. The van der Waals surface area contributed by atoms with Gasteiger partial charge in [0, 0.05) is 17.0 Å². The number of benzene rings is 1. The van der Waals surface area contributed by atoms with E-state index in [-0.39, 0.29) is 5.96 Å². The lowest BCUT2D eigenvalue weighted by atomic mass is 10.1. The maximum absolute atomic E-state index is 6.03. The first-order valence-corrected chi connectivity index (χ1v) is 5.35. The molecule has 6 heteroatoms. The number of hydrogen-bond acceptors (Lipinski definition) is 2. The Kier molecular flexibility index (Phi) is 2.80. The summed E-state index contributed by atoms with van der Waals surface area (Å²) in [6.07, 6.45) is 1.53. The number of aliphatic imine (C=N–C) groups is 1. The molecule has 79 valence electrons. The fourth-order valence-corrected chi connectivity index (χ4v) is 1.85. The highest BCUT2D eigenvalue weighted by Crippen LogP contribution is 2.28. The molecule has 0 unspecified atom stereocenters. The van der Waals surface area contributed by atoms with Gasteiger partial charge in [-0.3, -0.25) is 0 Å². The van der Waals surface area contributed by atoms with Crippen LogP contribution in [0.25, 0.3) is 10.8 Å². The molecule has 0 aliphatic carbocycles. The van der Waals surface area contributed by atoms with Crippen molar-refractivity contribution in [1.29, 1.82) is 0 Å². The third kappa shape index (κ3) is 2.00. The highest BCUT2D eigenvalue weighted by atomic mass is 35.5. The molecule has 0 bridgehead atoms. The quantitative estimate of drug-likeness (QED) is 0.440. The van der Waals surface area contributed by atoms with Gasteiger partial charge in [-0.1, -0.05) is 35.0 Å². The summed E-state index contributed by atoms with van der Waals surface area (Å²) < 4.78 is 0. The molecule has 4 N–H and O–H groups in total. The Morgan fingerprint density at radius 2 is 2.06 bits per heavy atom. The van der Waals surface area contributed by atoms with Crippen molar-refractivity contribution in [3.63, 3.8) is 0 Å². The summed E-state index contributed by atoms with van der Waals surface area (Å²) in [6.45, 7) is 0. The predicted molar refractivity (Wildman–Crippen MR) is 67.6 cm³/mol. The van der Waals surface area contributed by atoms with Gasteiger partial charge in [-0.2, -0.15) is 4.99 Å². The van der Waals surface area contributed by atoms with Gasteiger partial charge in [0.15, 0.2) is 11.8 Å². The van der Waals surface area contributed by atoms with Crippen LogP contribution in [-0.2, 0) is 0 Å². The first kappa shape index (κ1) is 10.9. The average molecular weight is 248 g/mol. The van der Waals surface area contributed by atoms with Crippen LogP contribution in [0, 0.1) is 0 Å². The first-order chi connectivity index (χ1) is 7.58. The Balaban J connectivity index is 2.81. The van der Waals surface area contributed by atoms with Gasteiger partial charge < -0.3 is 11.5 Å². The molecule has 4 nitrogen and oxygen atoms in total. The maximum Gasteiger partial charge on any atom is 0.192 e. The van der Waals surface area contributed by atoms with E-state index in [1.54, 1.807) is 0 Å². The van der Waals surface area contributed by atoms with E-state index in [1.807, 2.05) is 18.2 Å². The molecule has 0 fully saturated rings. The topological polar surface area (TPSA) is 77.3 Å². The van der Waals surface area contributed by atoms with Gasteiger partial charge in [0.05, 0.1) is 15.3 Å². The minimum Gasteiger partial charge on any atom is -0.370 e. The van der Waals surface area contributed by atoms with Gasteiger partial charge in [-0.25, -0.2) is 4.98 Å². The van der Waals surface area contributed by atoms with Crippen LogP contribution >= 0.6 is 11.6 Å². The van der Waals surface area contributed by atoms with E-state index in [0.29, 0.717) is 10.8 Å². The van der Waals surface area contributed by atoms with E-state index in [1.165, 1.54) is 6.20 Å². The van der Waals surface area contributed by atoms with Crippen LogP contribution in [0.2, 0.25) is 5.02 Å². The number of halogens is 1. The van der Waals surface area contributed by atoms with E-state index in [9.17, 15) is 0 Å². The SMILES string of the molecule is NC(N)=Nc1ncc(Cl)c2ccc([Si])cc12. The molecular formula is C10H8ClN4Si. The van der Waals surface area contributed by atoms with Gasteiger partial charge >= 0.3 is 0 Å². The van der Waals surface area contributed by atoms with Crippen molar-refractivity contribution in [2.45, 2.75) is 0 Å². The lowest BCUT2D eigenvalue weighted by Gasteiger charge is -2.04. The molecule has 0 amide bonds. The van der Waals surface area contributed by atoms with Gasteiger partial charge in [0.2, 0.25) is 0 Å². The summed E-state index contributed by atoms with van der Waals surface area (Å²) in [5.74, 6) is 0.426.